The number of hydrogen-bond donors (Lipinski definition) is 0. The van der Waals surface area contributed by atoms with Gasteiger partial charge in [0.15, 0.2) is 0 Å². The molecule has 2 aliphatic rings. The molecule has 0 saturated carbocycles. The van der Waals surface area contributed by atoms with Crippen LogP contribution < -0.4 is 19.8 Å². The summed E-state index contributed by atoms with van der Waals surface area (Å²) >= 11 is 0. The number of benzene rings is 2. The first-order valence-corrected chi connectivity index (χ1v) is 25.4. The minimum Gasteiger partial charge on any atom is -0.497 e. The second kappa shape index (κ2) is 14.6. The van der Waals surface area contributed by atoms with Gasteiger partial charge in [-0.1, -0.05) is 154 Å². The van der Waals surface area contributed by atoms with Crippen LogP contribution in [0, 0.1) is 10.8 Å². The van der Waals surface area contributed by atoms with Gasteiger partial charge in [-0.2, -0.15) is 0 Å². The standard InChI is InChI=1S/C44H66O3Si2/c1-41(2,3)33-21-25-43(26-22-33,35-17-15-19-37(39(35)45-7)48(9,10)11)29-31-47-32-30-44(27-23-34(24-28-44)42(4,5)6)36-18-16-20-38(40(36)46-8)49(12,13)14/h15-25,27H,26,28-32H2,1-14H3. The third-order valence-electron chi connectivity index (χ3n) is 10.8. The highest BCUT2D eigenvalue weighted by molar-refractivity contribution is 6.89. The molecule has 3 nitrogen and oxygen atoms in total. The quantitative estimate of drug-likeness (QED) is 0.163. The van der Waals surface area contributed by atoms with Gasteiger partial charge in [0.2, 0.25) is 0 Å². The molecule has 2 unspecified atom stereocenters. The molecule has 268 valence electrons. The van der Waals surface area contributed by atoms with Gasteiger partial charge in [-0.3, -0.25) is 0 Å². The highest BCUT2D eigenvalue weighted by Gasteiger charge is 2.39. The molecule has 0 radical (unpaired) electrons. The van der Waals surface area contributed by atoms with E-state index in [9.17, 15) is 0 Å². The van der Waals surface area contributed by atoms with Crippen LogP contribution in [0.2, 0.25) is 39.3 Å². The summed E-state index contributed by atoms with van der Waals surface area (Å²) in [6.07, 6.45) is 18.2. The molecule has 0 amide bonds. The van der Waals surface area contributed by atoms with Crippen molar-refractivity contribution in [3.05, 3.63) is 95.1 Å². The van der Waals surface area contributed by atoms with E-state index >= 15 is 0 Å². The monoisotopic (exact) mass is 698 g/mol. The van der Waals surface area contributed by atoms with Crippen LogP contribution in [0.3, 0.4) is 0 Å². The largest absolute Gasteiger partial charge is 0.497 e. The van der Waals surface area contributed by atoms with E-state index in [-0.39, 0.29) is 21.7 Å². The van der Waals surface area contributed by atoms with Crippen molar-refractivity contribution in [2.75, 3.05) is 27.4 Å². The van der Waals surface area contributed by atoms with Crippen LogP contribution in [0.1, 0.15) is 78.4 Å². The van der Waals surface area contributed by atoms with E-state index in [0.717, 1.165) is 37.2 Å². The summed E-state index contributed by atoms with van der Waals surface area (Å²) in [5, 5.41) is 2.77. The lowest BCUT2D eigenvalue weighted by Gasteiger charge is -2.38. The average Bonchev–Trinajstić information content (AvgIpc) is 3.02. The topological polar surface area (TPSA) is 27.7 Å². The van der Waals surface area contributed by atoms with Crippen molar-refractivity contribution in [2.24, 2.45) is 10.8 Å². The van der Waals surface area contributed by atoms with Crippen LogP contribution in [0.15, 0.2) is 84.0 Å². The Morgan fingerprint density at radius 3 is 1.22 bits per heavy atom. The Balaban J connectivity index is 1.64. The van der Waals surface area contributed by atoms with Gasteiger partial charge in [-0.25, -0.2) is 0 Å². The van der Waals surface area contributed by atoms with Gasteiger partial charge >= 0.3 is 0 Å². The SMILES string of the molecule is COc1c(C2(CCOCCC3(c4cccc([Si](C)(C)C)c4OC)C=CC(C(C)(C)C)=CC3)C=CC(C(C)(C)C)=CC2)cccc1[Si](C)(C)C. The van der Waals surface area contributed by atoms with Crippen LogP contribution in [0.4, 0.5) is 0 Å². The molecule has 0 saturated heterocycles. The van der Waals surface area contributed by atoms with Crippen molar-refractivity contribution in [3.63, 3.8) is 0 Å². The molecule has 2 aromatic rings. The Hall–Kier alpha value is -2.61. The van der Waals surface area contributed by atoms with Crippen LogP contribution in [0.25, 0.3) is 0 Å². The molecule has 0 fully saturated rings. The van der Waals surface area contributed by atoms with E-state index in [1.807, 2.05) is 14.2 Å². The molecule has 2 aliphatic carbocycles. The summed E-state index contributed by atoms with van der Waals surface area (Å²) < 4.78 is 19.2. The van der Waals surface area contributed by atoms with Crippen molar-refractivity contribution in [2.45, 2.75) is 117 Å². The lowest BCUT2D eigenvalue weighted by atomic mass is 9.69. The number of allylic oxidation sites excluding steroid dienone is 8. The molecule has 0 bridgehead atoms. The van der Waals surface area contributed by atoms with Gasteiger partial charge in [-0.15, -0.1) is 0 Å². The summed E-state index contributed by atoms with van der Waals surface area (Å²) in [5.74, 6) is 2.14. The van der Waals surface area contributed by atoms with Crippen molar-refractivity contribution < 1.29 is 14.2 Å². The molecule has 0 heterocycles. The fraction of sp³-hybridized carbons (Fsp3) is 0.545. The number of para-hydroxylation sites is 2. The summed E-state index contributed by atoms with van der Waals surface area (Å²) in [7, 11) is 0.431. The highest BCUT2D eigenvalue weighted by Crippen LogP contribution is 2.46. The molecule has 49 heavy (non-hydrogen) atoms. The summed E-state index contributed by atoms with van der Waals surface area (Å²) in [4.78, 5) is 0. The van der Waals surface area contributed by atoms with Crippen molar-refractivity contribution in [3.8, 4) is 11.5 Å². The fourth-order valence-electron chi connectivity index (χ4n) is 7.60. The van der Waals surface area contributed by atoms with E-state index in [0.29, 0.717) is 13.2 Å². The average molecular weight is 699 g/mol. The molecule has 0 spiro atoms. The number of methoxy groups -OCH3 is 2. The Bertz CT molecular complexity index is 1480. The lowest BCUT2D eigenvalue weighted by molar-refractivity contribution is 0.106. The Morgan fingerprint density at radius 2 is 0.959 bits per heavy atom. The molecule has 2 aromatic carbocycles. The van der Waals surface area contributed by atoms with Crippen LogP contribution in [-0.4, -0.2) is 43.6 Å². The molecule has 5 heteroatoms. The molecule has 2 atom stereocenters. The summed E-state index contributed by atoms with van der Waals surface area (Å²) in [6.45, 7) is 29.6. The van der Waals surface area contributed by atoms with Gasteiger partial charge in [0.05, 0.1) is 30.4 Å². The second-order valence-electron chi connectivity index (χ2n) is 18.6. The normalized spacial score (nSPS) is 21.8. The van der Waals surface area contributed by atoms with E-state index in [1.165, 1.54) is 32.6 Å². The smallest absolute Gasteiger partial charge is 0.122 e. The number of ether oxygens (including phenoxy) is 3. The molecule has 0 N–H and O–H groups in total. The van der Waals surface area contributed by atoms with Gasteiger partial charge in [0.25, 0.3) is 0 Å². The van der Waals surface area contributed by atoms with E-state index in [1.54, 1.807) is 0 Å². The first kappa shape index (κ1) is 39.2. The summed E-state index contributed by atoms with van der Waals surface area (Å²) in [5.41, 5.74) is 5.23. The minimum atomic E-state index is -1.63. The molecular weight excluding hydrogens is 633 g/mol. The summed E-state index contributed by atoms with van der Waals surface area (Å²) in [6, 6.07) is 13.6. The Kier molecular flexibility index (Phi) is 11.6. The van der Waals surface area contributed by atoms with Crippen molar-refractivity contribution in [1.29, 1.82) is 0 Å². The number of rotatable bonds is 12. The van der Waals surface area contributed by atoms with Crippen molar-refractivity contribution >= 4 is 26.5 Å². The van der Waals surface area contributed by atoms with Crippen molar-refractivity contribution in [1.82, 2.24) is 0 Å². The van der Waals surface area contributed by atoms with Gasteiger partial charge < -0.3 is 14.2 Å². The van der Waals surface area contributed by atoms with Gasteiger partial charge in [-0.05, 0) is 58.0 Å². The second-order valence-corrected chi connectivity index (χ2v) is 28.7. The lowest BCUT2D eigenvalue weighted by Crippen LogP contribution is -2.40. The zero-order chi connectivity index (χ0) is 36.5. The predicted octanol–water partition coefficient (Wildman–Crippen LogP) is 10.6. The maximum absolute atomic E-state index is 6.69. The van der Waals surface area contributed by atoms with E-state index in [2.05, 4.69) is 154 Å². The maximum atomic E-state index is 6.69. The van der Waals surface area contributed by atoms with E-state index < -0.39 is 16.1 Å². The first-order valence-electron chi connectivity index (χ1n) is 18.4. The molecule has 0 aliphatic heterocycles. The van der Waals surface area contributed by atoms with E-state index in [4.69, 9.17) is 14.2 Å². The van der Waals surface area contributed by atoms with Crippen LogP contribution in [0.5, 0.6) is 11.5 Å². The Labute approximate surface area is 301 Å². The molecular formula is C44H66O3Si2. The van der Waals surface area contributed by atoms with Crippen LogP contribution >= 0.6 is 0 Å². The van der Waals surface area contributed by atoms with Gasteiger partial charge in [0, 0.05) is 35.2 Å². The highest BCUT2D eigenvalue weighted by atomic mass is 28.3. The predicted molar refractivity (Wildman–Crippen MR) is 218 cm³/mol. The molecule has 0 aromatic heterocycles. The number of hydrogen-bond acceptors (Lipinski definition) is 3. The minimum absolute atomic E-state index is 0.111. The third-order valence-corrected chi connectivity index (χ3v) is 14.8. The fourth-order valence-corrected chi connectivity index (χ4v) is 10.6. The van der Waals surface area contributed by atoms with Gasteiger partial charge in [0.1, 0.15) is 11.5 Å². The van der Waals surface area contributed by atoms with Crippen LogP contribution in [-0.2, 0) is 15.6 Å². The maximum Gasteiger partial charge on any atom is 0.122 e. The molecule has 4 rings (SSSR count). The zero-order valence-corrected chi connectivity index (χ0v) is 35.4. The third kappa shape index (κ3) is 8.65. The Morgan fingerprint density at radius 1 is 0.592 bits per heavy atom. The zero-order valence-electron chi connectivity index (χ0n) is 33.4. The first-order chi connectivity index (χ1) is 22.7.